The van der Waals surface area contributed by atoms with E-state index >= 15 is 0 Å². The molecule has 1 atom stereocenters. The second-order valence-corrected chi connectivity index (χ2v) is 4.69. The third kappa shape index (κ3) is 6.11. The van der Waals surface area contributed by atoms with Gasteiger partial charge in [0.25, 0.3) is 0 Å². The van der Waals surface area contributed by atoms with E-state index in [1.807, 2.05) is 0 Å². The minimum atomic E-state index is -0.0261. The Hall–Kier alpha value is -0.570. The standard InChI is InChI=1S/C13H25NO2/c1-3-5-6-12(4-2)11-16-13(15)7-8-14-9-10-14/h12H,3-11H2,1-2H3. The zero-order valence-corrected chi connectivity index (χ0v) is 10.7. The highest BCUT2D eigenvalue weighted by molar-refractivity contribution is 5.69. The molecule has 0 N–H and O–H groups in total. The van der Waals surface area contributed by atoms with Gasteiger partial charge in [0.15, 0.2) is 0 Å². The fourth-order valence-electron chi connectivity index (χ4n) is 1.72. The van der Waals surface area contributed by atoms with Crippen LogP contribution in [0.15, 0.2) is 0 Å². The van der Waals surface area contributed by atoms with Crippen LogP contribution in [0.3, 0.4) is 0 Å². The van der Waals surface area contributed by atoms with Crippen LogP contribution in [0.1, 0.15) is 46.0 Å². The molecule has 0 aromatic rings. The average molecular weight is 227 g/mol. The molecule has 3 nitrogen and oxygen atoms in total. The Morgan fingerprint density at radius 3 is 2.69 bits per heavy atom. The molecule has 0 radical (unpaired) electrons. The Morgan fingerprint density at radius 1 is 1.38 bits per heavy atom. The Balaban J connectivity index is 2.02. The summed E-state index contributed by atoms with van der Waals surface area (Å²) in [5.74, 6) is 0.534. The monoisotopic (exact) mass is 227 g/mol. The van der Waals surface area contributed by atoms with Gasteiger partial charge in [-0.15, -0.1) is 0 Å². The zero-order valence-electron chi connectivity index (χ0n) is 10.7. The van der Waals surface area contributed by atoms with E-state index in [4.69, 9.17) is 4.74 Å². The summed E-state index contributed by atoms with van der Waals surface area (Å²) in [6.45, 7) is 8.18. The fourth-order valence-corrected chi connectivity index (χ4v) is 1.72. The molecule has 1 aliphatic heterocycles. The van der Waals surface area contributed by atoms with Crippen LogP contribution < -0.4 is 0 Å². The third-order valence-corrected chi connectivity index (χ3v) is 3.20. The van der Waals surface area contributed by atoms with Gasteiger partial charge in [0.05, 0.1) is 13.0 Å². The number of carbonyl (C=O) groups is 1. The zero-order chi connectivity index (χ0) is 11.8. The Labute approximate surface area is 99.1 Å². The van der Waals surface area contributed by atoms with Crippen LogP contribution in [0.2, 0.25) is 0 Å². The summed E-state index contributed by atoms with van der Waals surface area (Å²) in [5, 5.41) is 0. The van der Waals surface area contributed by atoms with Gasteiger partial charge in [-0.25, -0.2) is 0 Å². The van der Waals surface area contributed by atoms with Gasteiger partial charge in [0.2, 0.25) is 0 Å². The van der Waals surface area contributed by atoms with Gasteiger partial charge in [-0.3, -0.25) is 4.79 Å². The highest BCUT2D eigenvalue weighted by Gasteiger charge is 2.18. The second kappa shape index (κ2) is 7.66. The highest BCUT2D eigenvalue weighted by atomic mass is 16.5. The third-order valence-electron chi connectivity index (χ3n) is 3.20. The summed E-state index contributed by atoms with van der Waals surface area (Å²) in [4.78, 5) is 13.7. The average Bonchev–Trinajstić information content (AvgIpc) is 3.10. The van der Waals surface area contributed by atoms with Gasteiger partial charge in [-0.1, -0.05) is 33.1 Å². The van der Waals surface area contributed by atoms with Crippen molar-refractivity contribution in [3.8, 4) is 0 Å². The van der Waals surface area contributed by atoms with Crippen LogP contribution in [0.4, 0.5) is 0 Å². The van der Waals surface area contributed by atoms with E-state index in [2.05, 4.69) is 18.7 Å². The molecule has 1 heterocycles. The summed E-state index contributed by atoms with van der Waals surface area (Å²) >= 11 is 0. The van der Waals surface area contributed by atoms with Crippen LogP contribution in [0.5, 0.6) is 0 Å². The number of hydrogen-bond acceptors (Lipinski definition) is 3. The lowest BCUT2D eigenvalue weighted by atomic mass is 10.0. The Bertz CT molecular complexity index is 202. The quantitative estimate of drug-likeness (QED) is 0.447. The molecule has 0 spiro atoms. The molecular weight excluding hydrogens is 202 g/mol. The predicted molar refractivity (Wildman–Crippen MR) is 65.3 cm³/mol. The SMILES string of the molecule is CCCCC(CC)COC(=O)CCN1CC1. The van der Waals surface area contributed by atoms with Crippen molar-refractivity contribution < 1.29 is 9.53 Å². The van der Waals surface area contributed by atoms with E-state index < -0.39 is 0 Å². The maximum absolute atomic E-state index is 11.4. The van der Waals surface area contributed by atoms with Gasteiger partial charge >= 0.3 is 5.97 Å². The van der Waals surface area contributed by atoms with E-state index in [9.17, 15) is 4.79 Å². The molecule has 0 amide bonds. The van der Waals surface area contributed by atoms with Gasteiger partial charge in [0, 0.05) is 19.6 Å². The van der Waals surface area contributed by atoms with E-state index in [1.165, 1.54) is 19.3 Å². The minimum Gasteiger partial charge on any atom is -0.465 e. The number of rotatable bonds is 9. The maximum Gasteiger partial charge on any atom is 0.307 e. The summed E-state index contributed by atoms with van der Waals surface area (Å²) in [6, 6.07) is 0. The molecule has 1 fully saturated rings. The van der Waals surface area contributed by atoms with E-state index in [0.717, 1.165) is 26.1 Å². The summed E-state index contributed by atoms with van der Waals surface area (Å²) in [6.07, 6.45) is 5.32. The molecule has 1 rings (SSSR count). The van der Waals surface area contributed by atoms with E-state index in [1.54, 1.807) is 0 Å². The first-order valence-electron chi connectivity index (χ1n) is 6.64. The summed E-state index contributed by atoms with van der Waals surface area (Å²) < 4.78 is 5.30. The lowest BCUT2D eigenvalue weighted by Gasteiger charge is -2.14. The molecule has 3 heteroatoms. The molecule has 0 aromatic carbocycles. The molecule has 0 aromatic heterocycles. The second-order valence-electron chi connectivity index (χ2n) is 4.69. The Kier molecular flexibility index (Phi) is 6.46. The van der Waals surface area contributed by atoms with Gasteiger partial charge < -0.3 is 9.64 Å². The van der Waals surface area contributed by atoms with E-state index in [0.29, 0.717) is 18.9 Å². The number of unbranched alkanes of at least 4 members (excludes halogenated alkanes) is 1. The first-order chi connectivity index (χ1) is 7.76. The van der Waals surface area contributed by atoms with Gasteiger partial charge in [-0.2, -0.15) is 0 Å². The molecule has 0 saturated carbocycles. The van der Waals surface area contributed by atoms with Crippen molar-refractivity contribution in [3.63, 3.8) is 0 Å². The molecular formula is C13H25NO2. The molecule has 0 bridgehead atoms. The maximum atomic E-state index is 11.4. The number of esters is 1. The molecule has 1 saturated heterocycles. The number of nitrogens with zero attached hydrogens (tertiary/aromatic N) is 1. The highest BCUT2D eigenvalue weighted by Crippen LogP contribution is 2.13. The van der Waals surface area contributed by atoms with Crippen LogP contribution in [0, 0.1) is 5.92 Å². The van der Waals surface area contributed by atoms with Crippen molar-refractivity contribution in [1.82, 2.24) is 4.90 Å². The number of carbonyl (C=O) groups excluding carboxylic acids is 1. The number of hydrogen-bond donors (Lipinski definition) is 0. The molecule has 94 valence electrons. The van der Waals surface area contributed by atoms with Crippen molar-refractivity contribution in [2.24, 2.45) is 5.92 Å². The van der Waals surface area contributed by atoms with Gasteiger partial charge in [-0.05, 0) is 12.3 Å². The van der Waals surface area contributed by atoms with Crippen molar-refractivity contribution in [2.45, 2.75) is 46.0 Å². The number of ether oxygens (including phenoxy) is 1. The van der Waals surface area contributed by atoms with Crippen molar-refractivity contribution in [3.05, 3.63) is 0 Å². The topological polar surface area (TPSA) is 29.3 Å². The lowest BCUT2D eigenvalue weighted by Crippen LogP contribution is -2.16. The predicted octanol–water partition coefficient (Wildman–Crippen LogP) is 2.45. The van der Waals surface area contributed by atoms with Crippen molar-refractivity contribution in [1.29, 1.82) is 0 Å². The largest absolute Gasteiger partial charge is 0.465 e. The first-order valence-corrected chi connectivity index (χ1v) is 6.64. The normalized spacial score (nSPS) is 17.1. The van der Waals surface area contributed by atoms with Crippen LogP contribution in [-0.4, -0.2) is 37.1 Å². The van der Waals surface area contributed by atoms with Crippen molar-refractivity contribution >= 4 is 5.97 Å². The smallest absolute Gasteiger partial charge is 0.307 e. The van der Waals surface area contributed by atoms with E-state index in [-0.39, 0.29) is 5.97 Å². The van der Waals surface area contributed by atoms with Crippen molar-refractivity contribution in [2.75, 3.05) is 26.2 Å². The van der Waals surface area contributed by atoms with Crippen LogP contribution in [-0.2, 0) is 9.53 Å². The van der Waals surface area contributed by atoms with Crippen LogP contribution in [0.25, 0.3) is 0 Å². The molecule has 0 aliphatic carbocycles. The molecule has 1 aliphatic rings. The molecule has 1 unspecified atom stereocenters. The van der Waals surface area contributed by atoms with Crippen LogP contribution >= 0.6 is 0 Å². The fraction of sp³-hybridized carbons (Fsp3) is 0.923. The first kappa shape index (κ1) is 13.5. The minimum absolute atomic E-state index is 0.0261. The summed E-state index contributed by atoms with van der Waals surface area (Å²) in [5.41, 5.74) is 0. The van der Waals surface area contributed by atoms with Gasteiger partial charge in [0.1, 0.15) is 0 Å². The summed E-state index contributed by atoms with van der Waals surface area (Å²) in [7, 11) is 0. The molecule has 16 heavy (non-hydrogen) atoms. The Morgan fingerprint density at radius 2 is 2.12 bits per heavy atom. The lowest BCUT2D eigenvalue weighted by molar-refractivity contribution is -0.145.